The maximum atomic E-state index is 10.8. The Morgan fingerprint density at radius 3 is 2.42 bits per heavy atom. The zero-order valence-corrected chi connectivity index (χ0v) is 14.1. The molecule has 4 N–H and O–H groups in total. The van der Waals surface area contributed by atoms with E-state index in [1.165, 1.54) is 32.4 Å². The molecule has 4 rings (SSSR count). The van der Waals surface area contributed by atoms with Crippen LogP contribution < -0.4 is 9.47 Å². The van der Waals surface area contributed by atoms with Crippen molar-refractivity contribution in [1.82, 2.24) is 0 Å². The Kier molecular flexibility index (Phi) is 3.57. The molecule has 0 aromatic heterocycles. The summed E-state index contributed by atoms with van der Waals surface area (Å²) in [7, 11) is 2.83. The fraction of sp³-hybridized carbons (Fsp3) is 0.158. The van der Waals surface area contributed by atoms with Crippen LogP contribution in [0.1, 0.15) is 5.56 Å². The van der Waals surface area contributed by atoms with E-state index in [0.29, 0.717) is 22.5 Å². The van der Waals surface area contributed by atoms with Gasteiger partial charge in [0.1, 0.15) is 17.1 Å². The number of aliphatic hydroxyl groups excluding tert-OH is 2. The van der Waals surface area contributed by atoms with Gasteiger partial charge in [0.15, 0.2) is 23.0 Å². The quantitative estimate of drug-likeness (QED) is 0.719. The molecule has 26 heavy (non-hydrogen) atoms. The largest absolute Gasteiger partial charge is 0.579 e. The van der Waals surface area contributed by atoms with E-state index >= 15 is 0 Å². The van der Waals surface area contributed by atoms with Crippen LogP contribution in [0.2, 0.25) is 0 Å². The molecule has 1 unspecified atom stereocenters. The van der Waals surface area contributed by atoms with E-state index in [2.05, 4.69) is 4.74 Å². The number of hydrogen-bond acceptors (Lipinski definition) is 6. The molecular formula is C19H17O7+. The van der Waals surface area contributed by atoms with Gasteiger partial charge in [0.2, 0.25) is 18.1 Å². The summed E-state index contributed by atoms with van der Waals surface area (Å²) in [6.07, 6.45) is 5.90. The van der Waals surface area contributed by atoms with Crippen molar-refractivity contribution < 1.29 is 34.3 Å². The Bertz CT molecular complexity index is 922. The van der Waals surface area contributed by atoms with Crippen molar-refractivity contribution in [3.8, 4) is 17.2 Å². The summed E-state index contributed by atoms with van der Waals surface area (Å²) in [5.74, 6) is 0.726. The molecule has 0 saturated carbocycles. The molecule has 134 valence electrons. The minimum atomic E-state index is -0.414. The van der Waals surface area contributed by atoms with Crippen LogP contribution in [-0.4, -0.2) is 40.4 Å². The lowest BCUT2D eigenvalue weighted by Crippen LogP contribution is -2.27. The number of ether oxygens (including phenoxy) is 4. The third-order valence-electron chi connectivity index (χ3n) is 4.37. The third kappa shape index (κ3) is 2.28. The van der Waals surface area contributed by atoms with E-state index in [1.807, 2.05) is 0 Å². The Balaban J connectivity index is 1.90. The minimum Gasteiger partial charge on any atom is -0.579 e. The van der Waals surface area contributed by atoms with E-state index in [0.717, 1.165) is 0 Å². The minimum absolute atomic E-state index is 0.0359. The first kappa shape index (κ1) is 16.0. The maximum Gasteiger partial charge on any atom is 0.236 e. The van der Waals surface area contributed by atoms with Crippen LogP contribution in [0.5, 0.6) is 17.2 Å². The summed E-state index contributed by atoms with van der Waals surface area (Å²) < 4.78 is 20.5. The van der Waals surface area contributed by atoms with Crippen LogP contribution in [0, 0.1) is 0 Å². The first-order valence-corrected chi connectivity index (χ1v) is 7.83. The van der Waals surface area contributed by atoms with Crippen LogP contribution in [0.4, 0.5) is 0 Å². The second-order valence-electron chi connectivity index (χ2n) is 5.85. The molecule has 1 aromatic rings. The van der Waals surface area contributed by atoms with Gasteiger partial charge in [-0.05, 0) is 12.1 Å². The Hall–Kier alpha value is -3.48. The summed E-state index contributed by atoms with van der Waals surface area (Å²) in [5.41, 5.74) is 1.69. The molecule has 2 heterocycles. The molecule has 0 amide bonds. The number of methoxy groups -OCH3 is 2. The van der Waals surface area contributed by atoms with Crippen molar-refractivity contribution in [2.45, 2.75) is 6.10 Å². The summed E-state index contributed by atoms with van der Waals surface area (Å²) in [6, 6.07) is 3.06. The van der Waals surface area contributed by atoms with Gasteiger partial charge < -0.3 is 34.3 Å². The zero-order valence-electron chi connectivity index (χ0n) is 14.1. The zero-order chi connectivity index (χ0) is 18.4. The van der Waals surface area contributed by atoms with Gasteiger partial charge in [0.05, 0.1) is 20.3 Å². The molecule has 0 radical (unpaired) electrons. The van der Waals surface area contributed by atoms with Gasteiger partial charge in [-0.3, -0.25) is 0 Å². The summed E-state index contributed by atoms with van der Waals surface area (Å²) in [6.45, 7) is 0. The molecule has 0 saturated heterocycles. The van der Waals surface area contributed by atoms with Crippen molar-refractivity contribution in [3.63, 3.8) is 0 Å². The highest BCUT2D eigenvalue weighted by atomic mass is 16.5. The second kappa shape index (κ2) is 5.80. The van der Waals surface area contributed by atoms with Gasteiger partial charge in [-0.25, -0.2) is 0 Å². The van der Waals surface area contributed by atoms with Crippen molar-refractivity contribution in [1.29, 1.82) is 0 Å². The van der Waals surface area contributed by atoms with Gasteiger partial charge in [0, 0.05) is 23.3 Å². The molecule has 2 aliphatic heterocycles. The maximum absolute atomic E-state index is 10.8. The number of hydrogen-bond donors (Lipinski definition) is 3. The molecule has 3 aliphatic rings. The predicted molar refractivity (Wildman–Crippen MR) is 92.8 cm³/mol. The summed E-state index contributed by atoms with van der Waals surface area (Å²) in [4.78, 5) is 0. The topological polar surface area (TPSA) is 101 Å². The molecule has 0 spiro atoms. The molecule has 0 fully saturated rings. The molecular weight excluding hydrogens is 340 g/mol. The van der Waals surface area contributed by atoms with Gasteiger partial charge in [-0.15, -0.1) is 0 Å². The summed E-state index contributed by atoms with van der Waals surface area (Å²) in [5, 5.41) is 30.8. The molecule has 7 nitrogen and oxygen atoms in total. The van der Waals surface area contributed by atoms with Crippen molar-refractivity contribution in [2.75, 3.05) is 14.2 Å². The number of rotatable bonds is 3. The van der Waals surface area contributed by atoms with E-state index in [4.69, 9.17) is 14.2 Å². The average molecular weight is 357 g/mol. The van der Waals surface area contributed by atoms with E-state index in [1.54, 1.807) is 18.4 Å². The normalized spacial score (nSPS) is 20.6. The van der Waals surface area contributed by atoms with Crippen LogP contribution in [0.25, 0.3) is 5.76 Å². The van der Waals surface area contributed by atoms with Crippen LogP contribution >= 0.6 is 0 Å². The number of allylic oxidation sites excluding steroid dienone is 2. The third-order valence-corrected chi connectivity index (χ3v) is 4.37. The van der Waals surface area contributed by atoms with Crippen LogP contribution in [0.15, 0.2) is 65.0 Å². The Morgan fingerprint density at radius 2 is 1.77 bits per heavy atom. The van der Waals surface area contributed by atoms with Gasteiger partial charge in [0.25, 0.3) is 0 Å². The molecule has 1 aliphatic carbocycles. The van der Waals surface area contributed by atoms with Crippen molar-refractivity contribution in [3.05, 3.63) is 70.6 Å². The van der Waals surface area contributed by atoms with Crippen molar-refractivity contribution in [2.24, 2.45) is 0 Å². The molecule has 0 bridgehead atoms. The number of aliphatic hydroxyl groups is 4. The lowest BCUT2D eigenvalue weighted by atomic mass is 9.90. The standard InChI is InChI=1S/C19H16O7/c1-23-14-5-9(6-15(24-2)18(14)22)19-17(21)11-3-4-25-12-7-10(20)8-13(26-19)16(11)12/h3-8,12,20-22H,1-2H3/p+1. The van der Waals surface area contributed by atoms with Crippen molar-refractivity contribution >= 4 is 5.76 Å². The highest BCUT2D eigenvalue weighted by Crippen LogP contribution is 2.45. The molecule has 7 heteroatoms. The highest BCUT2D eigenvalue weighted by molar-refractivity contribution is 5.76. The number of aromatic hydroxyl groups is 1. The van der Waals surface area contributed by atoms with Gasteiger partial charge in [-0.1, -0.05) is 0 Å². The summed E-state index contributed by atoms with van der Waals surface area (Å²) >= 11 is 0. The Labute approximate surface area is 149 Å². The number of benzene rings is 1. The second-order valence-corrected chi connectivity index (χ2v) is 5.85. The molecule has 1 aromatic carbocycles. The first-order chi connectivity index (χ1) is 12.5. The fourth-order valence-electron chi connectivity index (χ4n) is 3.15. The van der Waals surface area contributed by atoms with Crippen LogP contribution in [0.3, 0.4) is 0 Å². The predicted octanol–water partition coefficient (Wildman–Crippen LogP) is 2.73. The molecule has 1 atom stereocenters. The number of phenolic OH excluding ortho intramolecular Hbond substituents is 1. The highest BCUT2D eigenvalue weighted by Gasteiger charge is 2.38. The lowest BCUT2D eigenvalue weighted by molar-refractivity contribution is 0.0254. The Morgan fingerprint density at radius 1 is 1.08 bits per heavy atom. The average Bonchev–Trinajstić information content (AvgIpc) is 2.64. The first-order valence-electron chi connectivity index (χ1n) is 7.83. The SMILES string of the molecule is COc1cc(C2=C(O)C3=C4C(=CC(O)=CC4[OH+]C=C3)O2)cc(OC)c1O. The van der Waals surface area contributed by atoms with Gasteiger partial charge >= 0.3 is 0 Å². The smallest absolute Gasteiger partial charge is 0.236 e. The van der Waals surface area contributed by atoms with E-state index in [9.17, 15) is 15.3 Å². The lowest BCUT2D eigenvalue weighted by Gasteiger charge is -2.30. The monoisotopic (exact) mass is 357 g/mol. The van der Waals surface area contributed by atoms with E-state index < -0.39 is 6.10 Å². The van der Waals surface area contributed by atoms with E-state index in [-0.39, 0.29) is 34.5 Å². The van der Waals surface area contributed by atoms with Gasteiger partial charge in [-0.2, -0.15) is 0 Å². The van der Waals surface area contributed by atoms with Crippen LogP contribution in [-0.2, 0) is 4.74 Å². The fourth-order valence-corrected chi connectivity index (χ4v) is 3.15. The number of phenols is 1.